The van der Waals surface area contributed by atoms with Gasteiger partial charge in [0.25, 0.3) is 0 Å². The van der Waals surface area contributed by atoms with E-state index in [9.17, 15) is 4.79 Å². The van der Waals surface area contributed by atoms with Gasteiger partial charge in [-0.3, -0.25) is 9.78 Å². The number of aromatic amines is 1. The monoisotopic (exact) mass is 244 g/mol. The average Bonchev–Trinajstić information content (AvgIpc) is 2.91. The smallest absolute Gasteiger partial charge is 0.220 e. The van der Waals surface area contributed by atoms with Crippen molar-refractivity contribution < 1.29 is 4.79 Å². The molecule has 2 N–H and O–H groups in total. The lowest BCUT2D eigenvalue weighted by molar-refractivity contribution is -0.121. The second kappa shape index (κ2) is 6.54. The Labute approximate surface area is 106 Å². The first-order valence-electron chi connectivity index (χ1n) is 5.97. The molecule has 0 aliphatic carbocycles. The molecule has 2 aromatic heterocycles. The summed E-state index contributed by atoms with van der Waals surface area (Å²) in [6, 6.07) is 3.86. The SMILES string of the molecule is O=C(CCc1cccnc1)NCCc1cnc[nH]1. The topological polar surface area (TPSA) is 70.7 Å². The Morgan fingerprint density at radius 3 is 2.94 bits per heavy atom. The van der Waals surface area contributed by atoms with Crippen LogP contribution < -0.4 is 5.32 Å². The van der Waals surface area contributed by atoms with E-state index in [1.54, 1.807) is 24.9 Å². The van der Waals surface area contributed by atoms with Gasteiger partial charge in [0.05, 0.1) is 6.33 Å². The van der Waals surface area contributed by atoms with Crippen molar-refractivity contribution in [3.05, 3.63) is 48.3 Å². The van der Waals surface area contributed by atoms with Crippen LogP contribution in [0.25, 0.3) is 0 Å². The summed E-state index contributed by atoms with van der Waals surface area (Å²) in [6.45, 7) is 0.633. The van der Waals surface area contributed by atoms with Crippen molar-refractivity contribution in [3.8, 4) is 0 Å². The van der Waals surface area contributed by atoms with E-state index in [1.165, 1.54) is 0 Å². The molecule has 2 heterocycles. The predicted octanol–water partition coefficient (Wildman–Crippen LogP) is 1.10. The normalized spacial score (nSPS) is 10.2. The first-order chi connectivity index (χ1) is 8.84. The summed E-state index contributed by atoms with van der Waals surface area (Å²) in [4.78, 5) is 22.5. The number of nitrogens with one attached hydrogen (secondary N) is 2. The number of rotatable bonds is 6. The summed E-state index contributed by atoms with van der Waals surface area (Å²) in [5, 5.41) is 2.88. The molecule has 0 saturated heterocycles. The number of nitrogens with zero attached hydrogens (tertiary/aromatic N) is 2. The first-order valence-corrected chi connectivity index (χ1v) is 5.97. The molecule has 5 heteroatoms. The third-order valence-corrected chi connectivity index (χ3v) is 2.63. The molecule has 0 fully saturated rings. The van der Waals surface area contributed by atoms with Crippen LogP contribution in [0.4, 0.5) is 0 Å². The molecule has 0 atom stereocenters. The van der Waals surface area contributed by atoms with Crippen LogP contribution in [0.5, 0.6) is 0 Å². The summed E-state index contributed by atoms with van der Waals surface area (Å²) in [5.41, 5.74) is 2.11. The molecule has 0 aliphatic heterocycles. The Kier molecular flexibility index (Phi) is 4.46. The highest BCUT2D eigenvalue weighted by Gasteiger charge is 2.02. The van der Waals surface area contributed by atoms with Crippen molar-refractivity contribution in [2.45, 2.75) is 19.3 Å². The minimum Gasteiger partial charge on any atom is -0.356 e. The second-order valence-electron chi connectivity index (χ2n) is 4.04. The number of imidazole rings is 1. The molecule has 0 spiro atoms. The third kappa shape index (κ3) is 4.01. The molecular formula is C13H16N4O. The number of carbonyl (C=O) groups excluding carboxylic acids is 1. The number of carbonyl (C=O) groups is 1. The van der Waals surface area contributed by atoms with E-state index in [-0.39, 0.29) is 5.91 Å². The zero-order chi connectivity index (χ0) is 12.6. The maximum atomic E-state index is 11.6. The molecule has 0 bridgehead atoms. The summed E-state index contributed by atoms with van der Waals surface area (Å²) >= 11 is 0. The van der Waals surface area contributed by atoms with Gasteiger partial charge in [-0.25, -0.2) is 4.98 Å². The Morgan fingerprint density at radius 2 is 2.22 bits per heavy atom. The second-order valence-corrected chi connectivity index (χ2v) is 4.04. The van der Waals surface area contributed by atoms with Crippen molar-refractivity contribution in [1.82, 2.24) is 20.3 Å². The van der Waals surface area contributed by atoms with Crippen LogP contribution >= 0.6 is 0 Å². The van der Waals surface area contributed by atoms with Gasteiger partial charge in [0.15, 0.2) is 0 Å². The molecule has 0 aliphatic rings. The molecule has 0 saturated carbocycles. The van der Waals surface area contributed by atoms with Crippen LogP contribution in [0.3, 0.4) is 0 Å². The van der Waals surface area contributed by atoms with E-state index in [1.807, 2.05) is 12.1 Å². The third-order valence-electron chi connectivity index (χ3n) is 2.63. The van der Waals surface area contributed by atoms with Crippen LogP contribution in [0.15, 0.2) is 37.1 Å². The summed E-state index contributed by atoms with van der Waals surface area (Å²) in [6.07, 6.45) is 8.92. The lowest BCUT2D eigenvalue weighted by Gasteiger charge is -2.04. The largest absolute Gasteiger partial charge is 0.356 e. The van der Waals surface area contributed by atoms with Gasteiger partial charge in [0.2, 0.25) is 5.91 Å². The minimum absolute atomic E-state index is 0.0679. The maximum Gasteiger partial charge on any atom is 0.220 e. The number of aryl methyl sites for hydroxylation is 1. The Hall–Kier alpha value is -2.17. The number of pyridine rings is 1. The van der Waals surface area contributed by atoms with Crippen LogP contribution in [-0.2, 0) is 17.6 Å². The Morgan fingerprint density at radius 1 is 1.28 bits per heavy atom. The van der Waals surface area contributed by atoms with Gasteiger partial charge in [-0.2, -0.15) is 0 Å². The van der Waals surface area contributed by atoms with Gasteiger partial charge in [-0.1, -0.05) is 6.07 Å². The van der Waals surface area contributed by atoms with Crippen molar-refractivity contribution >= 4 is 5.91 Å². The highest BCUT2D eigenvalue weighted by Crippen LogP contribution is 2.00. The first kappa shape index (κ1) is 12.3. The van der Waals surface area contributed by atoms with E-state index in [2.05, 4.69) is 20.3 Å². The fourth-order valence-corrected chi connectivity index (χ4v) is 1.65. The van der Waals surface area contributed by atoms with Crippen molar-refractivity contribution in [1.29, 1.82) is 0 Å². The van der Waals surface area contributed by atoms with E-state index < -0.39 is 0 Å². The van der Waals surface area contributed by atoms with Gasteiger partial charge in [0, 0.05) is 43.7 Å². The Bertz CT molecular complexity index is 467. The number of hydrogen-bond acceptors (Lipinski definition) is 3. The molecule has 5 nitrogen and oxygen atoms in total. The fraction of sp³-hybridized carbons (Fsp3) is 0.308. The minimum atomic E-state index is 0.0679. The number of amides is 1. The van der Waals surface area contributed by atoms with Crippen LogP contribution in [0, 0.1) is 0 Å². The van der Waals surface area contributed by atoms with Gasteiger partial charge in [0.1, 0.15) is 0 Å². The van der Waals surface area contributed by atoms with E-state index in [4.69, 9.17) is 0 Å². The standard InChI is InChI=1S/C13H16N4O/c18-13(4-3-11-2-1-6-14-8-11)16-7-5-12-9-15-10-17-12/h1-2,6,8-10H,3-5,7H2,(H,15,17)(H,16,18). The van der Waals surface area contributed by atoms with Crippen molar-refractivity contribution in [2.24, 2.45) is 0 Å². The van der Waals surface area contributed by atoms with Gasteiger partial charge >= 0.3 is 0 Å². The predicted molar refractivity (Wildman–Crippen MR) is 67.9 cm³/mol. The van der Waals surface area contributed by atoms with Crippen molar-refractivity contribution in [3.63, 3.8) is 0 Å². The summed E-state index contributed by atoms with van der Waals surface area (Å²) < 4.78 is 0. The van der Waals surface area contributed by atoms with Crippen LogP contribution in [0.1, 0.15) is 17.7 Å². The number of hydrogen-bond donors (Lipinski definition) is 2. The molecule has 94 valence electrons. The summed E-state index contributed by atoms with van der Waals surface area (Å²) in [5.74, 6) is 0.0679. The molecular weight excluding hydrogens is 228 g/mol. The van der Waals surface area contributed by atoms with Crippen LogP contribution in [0.2, 0.25) is 0 Å². The van der Waals surface area contributed by atoms with E-state index >= 15 is 0 Å². The van der Waals surface area contributed by atoms with Gasteiger partial charge in [-0.15, -0.1) is 0 Å². The fourth-order valence-electron chi connectivity index (χ4n) is 1.65. The summed E-state index contributed by atoms with van der Waals surface area (Å²) in [7, 11) is 0. The quantitative estimate of drug-likeness (QED) is 0.799. The molecule has 2 rings (SSSR count). The molecule has 1 amide bonds. The van der Waals surface area contributed by atoms with Crippen molar-refractivity contribution in [2.75, 3.05) is 6.54 Å². The highest BCUT2D eigenvalue weighted by molar-refractivity contribution is 5.76. The lowest BCUT2D eigenvalue weighted by Crippen LogP contribution is -2.25. The lowest BCUT2D eigenvalue weighted by atomic mass is 10.1. The number of aromatic nitrogens is 3. The number of H-pyrrole nitrogens is 1. The van der Waals surface area contributed by atoms with Gasteiger partial charge < -0.3 is 10.3 Å². The molecule has 18 heavy (non-hydrogen) atoms. The molecule has 2 aromatic rings. The van der Waals surface area contributed by atoms with Crippen LogP contribution in [-0.4, -0.2) is 27.4 Å². The van der Waals surface area contributed by atoms with E-state index in [0.717, 1.165) is 24.1 Å². The Balaban J connectivity index is 1.63. The average molecular weight is 244 g/mol. The molecule has 0 unspecified atom stereocenters. The zero-order valence-corrected chi connectivity index (χ0v) is 10.1. The zero-order valence-electron chi connectivity index (χ0n) is 10.1. The van der Waals surface area contributed by atoms with E-state index in [0.29, 0.717) is 13.0 Å². The maximum absolute atomic E-state index is 11.6. The highest BCUT2D eigenvalue weighted by atomic mass is 16.1. The molecule has 0 aromatic carbocycles. The van der Waals surface area contributed by atoms with Gasteiger partial charge in [-0.05, 0) is 18.1 Å². The molecule has 0 radical (unpaired) electrons.